The molecule has 1 aromatic carbocycles. The van der Waals surface area contributed by atoms with Crippen LogP contribution in [0.5, 0.6) is 0 Å². The minimum absolute atomic E-state index is 0.0305. The topological polar surface area (TPSA) is 52.2 Å². The van der Waals surface area contributed by atoms with Crippen molar-refractivity contribution in [2.75, 3.05) is 0 Å². The van der Waals surface area contributed by atoms with Gasteiger partial charge in [0, 0.05) is 6.54 Å². The molecule has 116 valence electrons. The molecular formula is C14H13F3N4O. The summed E-state index contributed by atoms with van der Waals surface area (Å²) in [5.41, 5.74) is -0.374. The molecule has 0 amide bonds. The number of aryl methyl sites for hydroxylation is 1. The van der Waals surface area contributed by atoms with Crippen LogP contribution in [-0.4, -0.2) is 19.2 Å². The third kappa shape index (κ3) is 2.24. The van der Waals surface area contributed by atoms with Crippen molar-refractivity contribution in [2.24, 2.45) is 0 Å². The van der Waals surface area contributed by atoms with Crippen molar-refractivity contribution >= 4 is 16.7 Å². The van der Waals surface area contributed by atoms with Crippen molar-refractivity contribution in [2.45, 2.75) is 32.5 Å². The molecular weight excluding hydrogens is 297 g/mol. The molecule has 0 unspecified atom stereocenters. The first-order chi connectivity index (χ1) is 10.4. The number of aromatic nitrogens is 4. The number of rotatable bonds is 3. The third-order valence-electron chi connectivity index (χ3n) is 3.57. The van der Waals surface area contributed by atoms with Crippen LogP contribution in [0.1, 0.15) is 25.3 Å². The summed E-state index contributed by atoms with van der Waals surface area (Å²) in [6.45, 7) is 2.41. The lowest BCUT2D eigenvalue weighted by Gasteiger charge is -2.13. The van der Waals surface area contributed by atoms with Gasteiger partial charge in [-0.05, 0) is 24.6 Å². The van der Waals surface area contributed by atoms with E-state index in [9.17, 15) is 18.0 Å². The Morgan fingerprint density at radius 2 is 2.00 bits per heavy atom. The molecule has 0 N–H and O–H groups in total. The number of hydrogen-bond acceptors (Lipinski definition) is 3. The second kappa shape index (κ2) is 5.11. The second-order valence-corrected chi connectivity index (χ2v) is 5.04. The zero-order valence-electron chi connectivity index (χ0n) is 11.8. The Kier molecular flexibility index (Phi) is 3.38. The van der Waals surface area contributed by atoms with Gasteiger partial charge in [0.15, 0.2) is 0 Å². The Hall–Kier alpha value is -2.38. The lowest BCUT2D eigenvalue weighted by atomic mass is 10.1. The average Bonchev–Trinajstić information content (AvgIpc) is 2.95. The summed E-state index contributed by atoms with van der Waals surface area (Å²) < 4.78 is 41.5. The Labute approximate surface area is 123 Å². The first-order valence-corrected chi connectivity index (χ1v) is 6.87. The quantitative estimate of drug-likeness (QED) is 0.747. The summed E-state index contributed by atoms with van der Waals surface area (Å²) in [6, 6.07) is 3.34. The summed E-state index contributed by atoms with van der Waals surface area (Å²) in [4.78, 5) is 12.4. The third-order valence-corrected chi connectivity index (χ3v) is 3.57. The van der Waals surface area contributed by atoms with Crippen LogP contribution in [0.25, 0.3) is 16.7 Å². The molecule has 22 heavy (non-hydrogen) atoms. The minimum Gasteiger partial charge on any atom is -0.304 e. The molecule has 5 nitrogen and oxygen atoms in total. The van der Waals surface area contributed by atoms with Crippen LogP contribution in [0.2, 0.25) is 0 Å². The smallest absolute Gasteiger partial charge is 0.304 e. The van der Waals surface area contributed by atoms with Crippen LogP contribution in [0, 0.1) is 0 Å². The van der Waals surface area contributed by atoms with E-state index in [4.69, 9.17) is 0 Å². The largest absolute Gasteiger partial charge is 0.416 e. The molecule has 0 aliphatic carbocycles. The molecule has 0 saturated carbocycles. The van der Waals surface area contributed by atoms with E-state index in [1.165, 1.54) is 21.4 Å². The van der Waals surface area contributed by atoms with Gasteiger partial charge in [0.05, 0.1) is 16.6 Å². The fourth-order valence-corrected chi connectivity index (χ4v) is 2.45. The average molecular weight is 310 g/mol. The molecule has 3 rings (SSSR count). The van der Waals surface area contributed by atoms with Gasteiger partial charge in [-0.15, -0.1) is 10.2 Å². The first kappa shape index (κ1) is 14.6. The van der Waals surface area contributed by atoms with Gasteiger partial charge in [0.2, 0.25) is 5.65 Å². The van der Waals surface area contributed by atoms with Crippen LogP contribution in [0.15, 0.2) is 29.3 Å². The maximum atomic E-state index is 12.9. The molecule has 0 radical (unpaired) electrons. The number of benzene rings is 1. The lowest BCUT2D eigenvalue weighted by molar-refractivity contribution is -0.137. The van der Waals surface area contributed by atoms with Gasteiger partial charge in [-0.1, -0.05) is 13.3 Å². The molecule has 0 aliphatic rings. The van der Waals surface area contributed by atoms with Crippen molar-refractivity contribution in [3.05, 3.63) is 40.4 Å². The highest BCUT2D eigenvalue weighted by Crippen LogP contribution is 2.31. The fraction of sp³-hybridized carbons (Fsp3) is 0.357. The van der Waals surface area contributed by atoms with Gasteiger partial charge in [0.1, 0.15) is 6.33 Å². The van der Waals surface area contributed by atoms with Crippen LogP contribution in [-0.2, 0) is 12.7 Å². The highest BCUT2D eigenvalue weighted by atomic mass is 19.4. The lowest BCUT2D eigenvalue weighted by Crippen LogP contribution is -2.23. The van der Waals surface area contributed by atoms with Crippen LogP contribution in [0.3, 0.4) is 0 Å². The molecule has 0 atom stereocenters. The van der Waals surface area contributed by atoms with Gasteiger partial charge in [-0.3, -0.25) is 9.20 Å². The van der Waals surface area contributed by atoms with E-state index in [2.05, 4.69) is 10.2 Å². The number of fused-ring (bicyclic) bond motifs is 3. The van der Waals surface area contributed by atoms with Crippen LogP contribution in [0.4, 0.5) is 13.2 Å². The molecule has 0 aliphatic heterocycles. The zero-order valence-corrected chi connectivity index (χ0v) is 11.8. The van der Waals surface area contributed by atoms with Crippen molar-refractivity contribution in [1.29, 1.82) is 0 Å². The Bertz CT molecular complexity index is 895. The SMILES string of the molecule is CCCCn1c(=O)c2nncn2c2cc(C(F)(F)F)ccc21. The van der Waals surface area contributed by atoms with Crippen molar-refractivity contribution in [1.82, 2.24) is 19.2 Å². The molecule has 0 saturated heterocycles. The second-order valence-electron chi connectivity index (χ2n) is 5.04. The first-order valence-electron chi connectivity index (χ1n) is 6.87. The zero-order chi connectivity index (χ0) is 15.9. The predicted octanol–water partition coefficient (Wildman–Crippen LogP) is 2.86. The van der Waals surface area contributed by atoms with Gasteiger partial charge < -0.3 is 4.57 Å². The van der Waals surface area contributed by atoms with E-state index in [1.807, 2.05) is 6.92 Å². The highest BCUT2D eigenvalue weighted by molar-refractivity contribution is 5.79. The summed E-state index contributed by atoms with van der Waals surface area (Å²) >= 11 is 0. The summed E-state index contributed by atoms with van der Waals surface area (Å²) in [5, 5.41) is 7.37. The summed E-state index contributed by atoms with van der Waals surface area (Å²) in [6.07, 6.45) is -1.57. The molecule has 8 heteroatoms. The van der Waals surface area contributed by atoms with E-state index in [0.717, 1.165) is 25.0 Å². The van der Waals surface area contributed by atoms with Crippen molar-refractivity contribution < 1.29 is 13.2 Å². The summed E-state index contributed by atoms with van der Waals surface area (Å²) in [7, 11) is 0. The van der Waals surface area contributed by atoms with Crippen LogP contribution < -0.4 is 5.56 Å². The van der Waals surface area contributed by atoms with Crippen LogP contribution >= 0.6 is 0 Å². The monoisotopic (exact) mass is 310 g/mol. The maximum Gasteiger partial charge on any atom is 0.416 e. The van der Waals surface area contributed by atoms with Crippen molar-refractivity contribution in [3.8, 4) is 0 Å². The predicted molar refractivity (Wildman–Crippen MR) is 74.7 cm³/mol. The van der Waals surface area contributed by atoms with E-state index in [1.54, 1.807) is 0 Å². The number of unbranched alkanes of at least 4 members (excludes halogenated alkanes) is 1. The van der Waals surface area contributed by atoms with Gasteiger partial charge in [-0.2, -0.15) is 13.2 Å². The standard InChI is InChI=1S/C14H13F3N4O/c1-2-3-6-20-10-5-4-9(14(15,16)17)7-11(10)21-8-18-19-12(21)13(20)22/h4-5,7-8H,2-3,6H2,1H3. The van der Waals surface area contributed by atoms with E-state index in [0.29, 0.717) is 12.1 Å². The minimum atomic E-state index is -4.45. The normalized spacial score (nSPS) is 12.4. The summed E-state index contributed by atoms with van der Waals surface area (Å²) in [5.74, 6) is 0. The number of halogens is 3. The van der Waals surface area contributed by atoms with E-state index >= 15 is 0 Å². The molecule has 0 bridgehead atoms. The van der Waals surface area contributed by atoms with E-state index in [-0.39, 0.29) is 16.7 Å². The van der Waals surface area contributed by atoms with Gasteiger partial charge >= 0.3 is 6.18 Å². The van der Waals surface area contributed by atoms with Gasteiger partial charge in [-0.25, -0.2) is 0 Å². The Morgan fingerprint density at radius 3 is 2.68 bits per heavy atom. The molecule has 0 fully saturated rings. The number of nitrogens with zero attached hydrogens (tertiary/aromatic N) is 4. The Balaban J connectivity index is 2.38. The molecule has 0 spiro atoms. The van der Waals surface area contributed by atoms with Gasteiger partial charge in [0.25, 0.3) is 5.56 Å². The molecule has 3 aromatic rings. The molecule has 2 heterocycles. The molecule has 2 aromatic heterocycles. The number of hydrogen-bond donors (Lipinski definition) is 0. The fourth-order valence-electron chi connectivity index (χ4n) is 2.45. The highest BCUT2D eigenvalue weighted by Gasteiger charge is 2.31. The Morgan fingerprint density at radius 1 is 1.23 bits per heavy atom. The number of alkyl halides is 3. The maximum absolute atomic E-state index is 12.9. The van der Waals surface area contributed by atoms with Crippen molar-refractivity contribution in [3.63, 3.8) is 0 Å². The van der Waals surface area contributed by atoms with E-state index < -0.39 is 11.7 Å².